The van der Waals surface area contributed by atoms with Gasteiger partial charge in [0, 0.05) is 6.92 Å². The number of nitrogens with one attached hydrogen (secondary N) is 1. The number of phenols is 1. The van der Waals surface area contributed by atoms with Crippen molar-refractivity contribution in [3.63, 3.8) is 0 Å². The van der Waals surface area contributed by atoms with Crippen LogP contribution in [0.2, 0.25) is 0 Å². The predicted octanol–water partition coefficient (Wildman–Crippen LogP) is 0.927. The molecule has 6 nitrogen and oxygen atoms in total. The van der Waals surface area contributed by atoms with Gasteiger partial charge in [0.05, 0.1) is 23.1 Å². The van der Waals surface area contributed by atoms with Gasteiger partial charge >= 0.3 is 5.69 Å². The third kappa shape index (κ3) is 3.45. The largest absolute Gasteiger partial charge is 0.501 e. The number of carbonyl (C=O) groups excluding carboxylic acids is 1. The van der Waals surface area contributed by atoms with Crippen LogP contribution in [0.25, 0.3) is 0 Å². The highest BCUT2D eigenvalue weighted by Gasteiger charge is 2.18. The number of benzene rings is 1. The standard InChI is InChI=1S/C11H9FN2O4/c1-7(15)13-4-2-3-8-5-9(12)6-10(11(8)16)14(17)18/h5-6,16H,4H2,1H3,(H,13,15). The number of amides is 1. The Morgan fingerprint density at radius 3 is 2.83 bits per heavy atom. The van der Waals surface area contributed by atoms with Gasteiger partial charge in [0.2, 0.25) is 11.7 Å². The van der Waals surface area contributed by atoms with E-state index in [0.717, 1.165) is 6.07 Å². The monoisotopic (exact) mass is 252 g/mol. The highest BCUT2D eigenvalue weighted by atomic mass is 19.1. The van der Waals surface area contributed by atoms with Crippen molar-refractivity contribution in [1.82, 2.24) is 5.32 Å². The van der Waals surface area contributed by atoms with Gasteiger partial charge < -0.3 is 10.4 Å². The molecule has 0 atom stereocenters. The maximum absolute atomic E-state index is 13.1. The third-order valence-corrected chi connectivity index (χ3v) is 1.90. The smallest absolute Gasteiger partial charge is 0.314 e. The Morgan fingerprint density at radius 2 is 2.28 bits per heavy atom. The van der Waals surface area contributed by atoms with Gasteiger partial charge in [-0.25, -0.2) is 4.39 Å². The Kier molecular flexibility index (Phi) is 4.21. The Bertz CT molecular complexity index is 560. The number of carbonyl (C=O) groups is 1. The Hall–Kier alpha value is -2.62. The van der Waals surface area contributed by atoms with Gasteiger partial charge in [-0.1, -0.05) is 11.8 Å². The van der Waals surface area contributed by atoms with E-state index in [9.17, 15) is 24.4 Å². The van der Waals surface area contributed by atoms with Gasteiger partial charge in [-0.3, -0.25) is 14.9 Å². The van der Waals surface area contributed by atoms with Gasteiger partial charge in [-0.15, -0.1) is 0 Å². The van der Waals surface area contributed by atoms with Gasteiger partial charge in [0.1, 0.15) is 5.82 Å². The van der Waals surface area contributed by atoms with Crippen LogP contribution in [0.15, 0.2) is 12.1 Å². The number of phenolic OH excluding ortho intramolecular Hbond substituents is 1. The Labute approximate surface area is 102 Å². The first-order chi connectivity index (χ1) is 8.41. The lowest BCUT2D eigenvalue weighted by Crippen LogP contribution is -2.19. The maximum Gasteiger partial charge on any atom is 0.314 e. The fraction of sp³-hybridized carbons (Fsp3) is 0.182. The summed E-state index contributed by atoms with van der Waals surface area (Å²) in [6, 6.07) is 1.48. The molecule has 2 N–H and O–H groups in total. The molecule has 0 spiro atoms. The maximum atomic E-state index is 13.1. The molecule has 1 amide bonds. The van der Waals surface area contributed by atoms with Crippen LogP contribution in [0.3, 0.4) is 0 Å². The van der Waals surface area contributed by atoms with E-state index in [0.29, 0.717) is 6.07 Å². The summed E-state index contributed by atoms with van der Waals surface area (Å²) in [5.74, 6) is 2.92. The lowest BCUT2D eigenvalue weighted by atomic mass is 10.1. The van der Waals surface area contributed by atoms with E-state index in [1.54, 1.807) is 0 Å². The topological polar surface area (TPSA) is 92.5 Å². The van der Waals surface area contributed by atoms with Crippen molar-refractivity contribution in [3.8, 4) is 17.6 Å². The molecular weight excluding hydrogens is 243 g/mol. The fourth-order valence-electron chi connectivity index (χ4n) is 1.13. The van der Waals surface area contributed by atoms with E-state index >= 15 is 0 Å². The predicted molar refractivity (Wildman–Crippen MR) is 60.3 cm³/mol. The lowest BCUT2D eigenvalue weighted by molar-refractivity contribution is -0.386. The van der Waals surface area contributed by atoms with E-state index < -0.39 is 22.2 Å². The van der Waals surface area contributed by atoms with E-state index in [1.165, 1.54) is 6.92 Å². The van der Waals surface area contributed by atoms with E-state index in [1.807, 2.05) is 0 Å². The number of nitro groups is 1. The van der Waals surface area contributed by atoms with Crippen molar-refractivity contribution in [2.24, 2.45) is 0 Å². The number of rotatable bonds is 2. The first-order valence-electron chi connectivity index (χ1n) is 4.82. The van der Waals surface area contributed by atoms with Gasteiger partial charge in [-0.05, 0) is 6.07 Å². The zero-order valence-corrected chi connectivity index (χ0v) is 9.36. The third-order valence-electron chi connectivity index (χ3n) is 1.90. The summed E-state index contributed by atoms with van der Waals surface area (Å²) in [6.45, 7) is 1.30. The number of aromatic hydroxyl groups is 1. The molecule has 94 valence electrons. The van der Waals surface area contributed by atoms with Crippen LogP contribution in [0.1, 0.15) is 12.5 Å². The first kappa shape index (κ1) is 13.4. The second-order valence-corrected chi connectivity index (χ2v) is 3.29. The van der Waals surface area contributed by atoms with Gasteiger partial charge in [0.25, 0.3) is 0 Å². The van der Waals surface area contributed by atoms with Crippen LogP contribution in [-0.4, -0.2) is 22.5 Å². The van der Waals surface area contributed by atoms with Crippen molar-refractivity contribution in [2.75, 3.05) is 6.54 Å². The van der Waals surface area contributed by atoms with E-state index in [4.69, 9.17) is 0 Å². The van der Waals surface area contributed by atoms with Crippen LogP contribution >= 0.6 is 0 Å². The zero-order chi connectivity index (χ0) is 13.7. The molecule has 0 fully saturated rings. The van der Waals surface area contributed by atoms with Gasteiger partial charge in [-0.2, -0.15) is 0 Å². The SMILES string of the molecule is CC(=O)NCC#Cc1cc(F)cc([N+](=O)[O-])c1O. The summed E-state index contributed by atoms with van der Waals surface area (Å²) >= 11 is 0. The van der Waals surface area contributed by atoms with Crippen LogP contribution in [0.4, 0.5) is 10.1 Å². The molecule has 0 radical (unpaired) electrons. The highest BCUT2D eigenvalue weighted by Crippen LogP contribution is 2.30. The zero-order valence-electron chi connectivity index (χ0n) is 9.36. The number of halogens is 1. The molecule has 0 aliphatic rings. The average Bonchev–Trinajstić information content (AvgIpc) is 2.27. The van der Waals surface area contributed by atoms with Crippen LogP contribution < -0.4 is 5.32 Å². The molecule has 1 aromatic carbocycles. The number of hydrogen-bond acceptors (Lipinski definition) is 4. The van der Waals surface area contributed by atoms with Gasteiger partial charge in [0.15, 0.2) is 0 Å². The average molecular weight is 252 g/mol. The number of nitrogens with zero attached hydrogens (tertiary/aromatic N) is 1. The van der Waals surface area contributed by atoms with Crippen LogP contribution in [0.5, 0.6) is 5.75 Å². The minimum absolute atomic E-state index is 0.000908. The quantitative estimate of drug-likeness (QED) is 0.465. The molecule has 0 unspecified atom stereocenters. The fourth-order valence-corrected chi connectivity index (χ4v) is 1.13. The summed E-state index contributed by atoms with van der Waals surface area (Å²) in [5, 5.41) is 22.4. The molecule has 0 aliphatic carbocycles. The minimum Gasteiger partial charge on any atom is -0.501 e. The molecule has 0 saturated heterocycles. The summed E-state index contributed by atoms with van der Waals surface area (Å²) in [6.07, 6.45) is 0. The molecule has 7 heteroatoms. The normalized spacial score (nSPS) is 9.22. The van der Waals surface area contributed by atoms with Crippen LogP contribution in [0, 0.1) is 27.8 Å². The summed E-state index contributed by atoms with van der Waals surface area (Å²) in [7, 11) is 0. The van der Waals surface area contributed by atoms with Crippen molar-refractivity contribution >= 4 is 11.6 Å². The van der Waals surface area contributed by atoms with Crippen molar-refractivity contribution in [2.45, 2.75) is 6.92 Å². The minimum atomic E-state index is -0.905. The lowest BCUT2D eigenvalue weighted by Gasteiger charge is -1.99. The molecular formula is C11H9FN2O4. The second kappa shape index (κ2) is 5.63. The molecule has 0 heterocycles. The van der Waals surface area contributed by atoms with E-state index in [2.05, 4.69) is 17.2 Å². The molecule has 1 rings (SSSR count). The summed E-state index contributed by atoms with van der Waals surface area (Å²) in [4.78, 5) is 20.2. The molecule has 0 bridgehead atoms. The Morgan fingerprint density at radius 1 is 1.61 bits per heavy atom. The second-order valence-electron chi connectivity index (χ2n) is 3.29. The summed E-state index contributed by atoms with van der Waals surface area (Å²) in [5.41, 5.74) is -0.953. The number of hydrogen-bond donors (Lipinski definition) is 2. The molecule has 0 aliphatic heterocycles. The molecule has 18 heavy (non-hydrogen) atoms. The van der Waals surface area contributed by atoms with Crippen molar-refractivity contribution < 1.29 is 19.2 Å². The molecule has 0 aromatic heterocycles. The van der Waals surface area contributed by atoms with Crippen molar-refractivity contribution in [1.29, 1.82) is 0 Å². The highest BCUT2D eigenvalue weighted by molar-refractivity contribution is 5.73. The van der Waals surface area contributed by atoms with Crippen LogP contribution in [-0.2, 0) is 4.79 Å². The first-order valence-corrected chi connectivity index (χ1v) is 4.82. The molecule has 1 aromatic rings. The van der Waals surface area contributed by atoms with Crippen molar-refractivity contribution in [3.05, 3.63) is 33.6 Å². The Balaban J connectivity index is 3.02. The molecule has 0 saturated carbocycles. The summed E-state index contributed by atoms with van der Waals surface area (Å²) < 4.78 is 13.1. The number of nitro benzene ring substituents is 1. The van der Waals surface area contributed by atoms with E-state index in [-0.39, 0.29) is 18.0 Å².